The molecule has 0 unspecified atom stereocenters. The first-order valence-corrected chi connectivity index (χ1v) is 15.5. The Hall–Kier alpha value is -4.38. The molecule has 0 saturated heterocycles. The SMILES string of the molecule is CCOc1cc(C)c(-c2nc3ccccc3c(=O)n2N=Cc2ccc(OCc3ccc4c(c3)OCO4)c(I)c2)cc1C(C)C. The highest BCUT2D eigenvalue weighted by molar-refractivity contribution is 14.1. The molecule has 1 aliphatic rings. The first-order chi connectivity index (χ1) is 21.3. The minimum atomic E-state index is -0.236. The molecule has 8 nitrogen and oxygen atoms in total. The van der Waals surface area contributed by atoms with Crippen LogP contribution in [0.4, 0.5) is 0 Å². The fourth-order valence-corrected chi connectivity index (χ4v) is 5.80. The lowest BCUT2D eigenvalue weighted by Gasteiger charge is -2.18. The third-order valence-electron chi connectivity index (χ3n) is 7.38. The lowest BCUT2D eigenvalue weighted by molar-refractivity contribution is 0.174. The molecule has 5 aromatic rings. The number of nitrogens with zero attached hydrogens (tertiary/aromatic N) is 3. The fourth-order valence-electron chi connectivity index (χ4n) is 5.11. The number of benzene rings is 4. The van der Waals surface area contributed by atoms with Crippen LogP contribution in [0.5, 0.6) is 23.0 Å². The lowest BCUT2D eigenvalue weighted by Crippen LogP contribution is -2.21. The van der Waals surface area contributed by atoms with Gasteiger partial charge in [-0.05, 0) is 119 Å². The number of halogens is 1. The zero-order valence-electron chi connectivity index (χ0n) is 25.0. The lowest BCUT2D eigenvalue weighted by atomic mass is 9.96. The van der Waals surface area contributed by atoms with Gasteiger partial charge in [-0.2, -0.15) is 9.78 Å². The summed E-state index contributed by atoms with van der Waals surface area (Å²) in [5, 5.41) is 5.19. The quantitative estimate of drug-likeness (QED) is 0.116. The van der Waals surface area contributed by atoms with Gasteiger partial charge < -0.3 is 18.9 Å². The maximum atomic E-state index is 13.8. The Bertz CT molecular complexity index is 1950. The van der Waals surface area contributed by atoms with E-state index in [1.165, 1.54) is 4.68 Å². The molecule has 0 aliphatic carbocycles. The van der Waals surface area contributed by atoms with Gasteiger partial charge in [0.15, 0.2) is 17.3 Å². The van der Waals surface area contributed by atoms with E-state index >= 15 is 0 Å². The third kappa shape index (κ3) is 6.01. The van der Waals surface area contributed by atoms with Crippen LogP contribution in [0.1, 0.15) is 48.9 Å². The van der Waals surface area contributed by atoms with E-state index in [1.54, 1.807) is 12.3 Å². The summed E-state index contributed by atoms with van der Waals surface area (Å²) < 4.78 is 25.2. The summed E-state index contributed by atoms with van der Waals surface area (Å²) in [6.45, 7) is 9.43. The first kappa shape index (κ1) is 29.7. The first-order valence-electron chi connectivity index (χ1n) is 14.5. The molecule has 0 radical (unpaired) electrons. The zero-order chi connectivity index (χ0) is 30.8. The molecule has 1 aromatic heterocycles. The molecular weight excluding hydrogens is 669 g/mol. The van der Waals surface area contributed by atoms with Gasteiger partial charge >= 0.3 is 0 Å². The van der Waals surface area contributed by atoms with Crippen LogP contribution in [-0.4, -0.2) is 29.3 Å². The smallest absolute Gasteiger partial charge is 0.282 e. The molecule has 0 fully saturated rings. The monoisotopic (exact) mass is 701 g/mol. The Morgan fingerprint density at radius 2 is 1.82 bits per heavy atom. The van der Waals surface area contributed by atoms with Crippen molar-refractivity contribution in [1.29, 1.82) is 0 Å². The van der Waals surface area contributed by atoms with Gasteiger partial charge in [0.1, 0.15) is 18.1 Å². The molecule has 0 bridgehead atoms. The summed E-state index contributed by atoms with van der Waals surface area (Å²) in [6, 6.07) is 23.0. The Morgan fingerprint density at radius 1 is 1.00 bits per heavy atom. The Morgan fingerprint density at radius 3 is 2.61 bits per heavy atom. The molecule has 224 valence electrons. The number of hydrogen-bond acceptors (Lipinski definition) is 7. The number of fused-ring (bicyclic) bond motifs is 2. The third-order valence-corrected chi connectivity index (χ3v) is 8.23. The van der Waals surface area contributed by atoms with Gasteiger partial charge in [-0.3, -0.25) is 4.79 Å². The molecule has 1 aliphatic heterocycles. The van der Waals surface area contributed by atoms with Gasteiger partial charge in [-0.25, -0.2) is 4.98 Å². The van der Waals surface area contributed by atoms with E-state index in [0.717, 1.165) is 54.4 Å². The molecule has 4 aromatic carbocycles. The summed E-state index contributed by atoms with van der Waals surface area (Å²) in [7, 11) is 0. The average Bonchev–Trinajstić information content (AvgIpc) is 3.48. The van der Waals surface area contributed by atoms with Gasteiger partial charge in [0.05, 0.1) is 27.3 Å². The Balaban J connectivity index is 1.34. The maximum absolute atomic E-state index is 13.8. The van der Waals surface area contributed by atoms with Gasteiger partial charge in [-0.15, -0.1) is 0 Å². The highest BCUT2D eigenvalue weighted by Crippen LogP contribution is 2.35. The topological polar surface area (TPSA) is 84.2 Å². The predicted molar refractivity (Wildman–Crippen MR) is 180 cm³/mol. The van der Waals surface area contributed by atoms with E-state index in [4.69, 9.17) is 29.0 Å². The summed E-state index contributed by atoms with van der Waals surface area (Å²) in [5.41, 5.74) is 5.02. The van der Waals surface area contributed by atoms with Crippen LogP contribution in [0.25, 0.3) is 22.3 Å². The molecule has 0 N–H and O–H groups in total. The molecule has 0 amide bonds. The summed E-state index contributed by atoms with van der Waals surface area (Å²) in [6.07, 6.45) is 1.68. The van der Waals surface area contributed by atoms with E-state index in [-0.39, 0.29) is 18.3 Å². The van der Waals surface area contributed by atoms with Gasteiger partial charge in [0.2, 0.25) is 6.79 Å². The molecule has 9 heteroatoms. The van der Waals surface area contributed by atoms with Crippen LogP contribution in [0.3, 0.4) is 0 Å². The Kier molecular flexibility index (Phi) is 8.56. The van der Waals surface area contributed by atoms with Gasteiger partial charge in [0.25, 0.3) is 5.56 Å². The van der Waals surface area contributed by atoms with E-state index in [0.29, 0.717) is 29.9 Å². The summed E-state index contributed by atoms with van der Waals surface area (Å²) in [4.78, 5) is 18.7. The summed E-state index contributed by atoms with van der Waals surface area (Å²) >= 11 is 2.25. The molecule has 2 heterocycles. The second-order valence-corrected chi connectivity index (χ2v) is 11.9. The van der Waals surface area contributed by atoms with Crippen LogP contribution >= 0.6 is 22.6 Å². The fraction of sp³-hybridized carbons (Fsp3) is 0.229. The van der Waals surface area contributed by atoms with Crippen LogP contribution in [0.15, 0.2) is 82.7 Å². The number of aryl methyl sites for hydroxylation is 1. The zero-order valence-corrected chi connectivity index (χ0v) is 27.1. The van der Waals surface area contributed by atoms with Crippen LogP contribution in [0, 0.1) is 10.5 Å². The second kappa shape index (κ2) is 12.7. The normalized spacial score (nSPS) is 12.4. The van der Waals surface area contributed by atoms with Crippen molar-refractivity contribution in [2.24, 2.45) is 5.10 Å². The molecule has 6 rings (SSSR count). The standard InChI is InChI=1S/C35H32IN3O5/c1-5-41-32-14-22(4)27(17-26(32)21(2)3)34-38-29-9-7-6-8-25(29)35(40)39(34)37-18-23-10-12-30(28(36)15-23)42-19-24-11-13-31-33(16-24)44-20-43-31/h6-18,21H,5,19-20H2,1-4H3. The van der Waals surface area contributed by atoms with Crippen molar-refractivity contribution in [3.05, 3.63) is 109 Å². The van der Waals surface area contributed by atoms with Crippen molar-refractivity contribution >= 4 is 39.7 Å². The molecule has 0 saturated carbocycles. The van der Waals surface area contributed by atoms with Crippen molar-refractivity contribution in [3.8, 4) is 34.4 Å². The Labute approximate surface area is 269 Å². The highest BCUT2D eigenvalue weighted by atomic mass is 127. The second-order valence-electron chi connectivity index (χ2n) is 10.8. The minimum absolute atomic E-state index is 0.216. The number of hydrogen-bond donors (Lipinski definition) is 0. The van der Waals surface area contributed by atoms with Crippen molar-refractivity contribution in [2.75, 3.05) is 13.4 Å². The number of ether oxygens (including phenoxy) is 4. The minimum Gasteiger partial charge on any atom is -0.494 e. The largest absolute Gasteiger partial charge is 0.494 e. The van der Waals surface area contributed by atoms with Gasteiger partial charge in [-0.1, -0.05) is 32.0 Å². The van der Waals surface area contributed by atoms with Crippen LogP contribution < -0.4 is 24.5 Å². The molecule has 44 heavy (non-hydrogen) atoms. The summed E-state index contributed by atoms with van der Waals surface area (Å²) in [5.74, 6) is 3.76. The average molecular weight is 702 g/mol. The van der Waals surface area contributed by atoms with Crippen molar-refractivity contribution in [1.82, 2.24) is 9.66 Å². The van der Waals surface area contributed by atoms with E-state index < -0.39 is 0 Å². The van der Waals surface area contributed by atoms with Gasteiger partial charge in [0, 0.05) is 5.56 Å². The van der Waals surface area contributed by atoms with Crippen LogP contribution in [0.2, 0.25) is 0 Å². The molecule has 0 spiro atoms. The maximum Gasteiger partial charge on any atom is 0.282 e. The van der Waals surface area contributed by atoms with Crippen molar-refractivity contribution < 1.29 is 18.9 Å². The number of aromatic nitrogens is 2. The molecular formula is C35H32IN3O5. The van der Waals surface area contributed by atoms with E-state index in [9.17, 15) is 4.79 Å². The number of rotatable bonds is 9. The van der Waals surface area contributed by atoms with Crippen molar-refractivity contribution in [3.63, 3.8) is 0 Å². The number of para-hydroxylation sites is 1. The van der Waals surface area contributed by atoms with E-state index in [1.807, 2.05) is 74.5 Å². The van der Waals surface area contributed by atoms with Crippen LogP contribution in [-0.2, 0) is 6.61 Å². The van der Waals surface area contributed by atoms with E-state index in [2.05, 4.69) is 42.5 Å². The highest BCUT2D eigenvalue weighted by Gasteiger charge is 2.19. The predicted octanol–water partition coefficient (Wildman–Crippen LogP) is 7.69. The molecule has 0 atom stereocenters. The van der Waals surface area contributed by atoms with Crippen molar-refractivity contribution in [2.45, 2.75) is 40.2 Å².